The monoisotopic (exact) mass is 396 g/mol. The highest BCUT2D eigenvalue weighted by Crippen LogP contribution is 2.29. The van der Waals surface area contributed by atoms with Crippen LogP contribution >= 0.6 is 0 Å². The highest BCUT2D eigenvalue weighted by Gasteiger charge is 2.29. The van der Waals surface area contributed by atoms with E-state index in [1.807, 2.05) is 13.1 Å². The first-order chi connectivity index (χ1) is 14.3. The first-order valence-corrected chi connectivity index (χ1v) is 10.7. The molecule has 2 saturated heterocycles. The minimum absolute atomic E-state index is 0.254. The quantitative estimate of drug-likeness (QED) is 0.598. The maximum Gasteiger partial charge on any atom is 0.193 e. The third-order valence-corrected chi connectivity index (χ3v) is 6.19. The second kappa shape index (κ2) is 9.35. The second-order valence-corrected chi connectivity index (χ2v) is 7.91. The van der Waals surface area contributed by atoms with Crippen LogP contribution < -0.4 is 10.1 Å². The van der Waals surface area contributed by atoms with Gasteiger partial charge in [-0.15, -0.1) is 0 Å². The number of ether oxygens (including phenoxy) is 1. The normalized spacial score (nSPS) is 21.5. The lowest BCUT2D eigenvalue weighted by molar-refractivity contribution is 0.214. The molecule has 2 aromatic rings. The summed E-state index contributed by atoms with van der Waals surface area (Å²) in [7, 11) is 3.58. The van der Waals surface area contributed by atoms with Gasteiger partial charge in [-0.2, -0.15) is 0 Å². The summed E-state index contributed by atoms with van der Waals surface area (Å²) in [6, 6.07) is 12.8. The minimum Gasteiger partial charge on any atom is -0.497 e. The van der Waals surface area contributed by atoms with Crippen molar-refractivity contribution >= 4 is 5.96 Å². The standard InChI is InChI=1S/C23H32N4O2/c1-24-23(25-16-21(22-6-5-15-29-22)26-12-3-4-13-26)27-14-11-19(17-27)18-7-9-20(28-2)10-8-18/h5-10,15,19,21H,3-4,11-14,16-17H2,1-2H3,(H,24,25). The predicted octanol–water partition coefficient (Wildman–Crippen LogP) is 3.49. The van der Waals surface area contributed by atoms with Crippen molar-refractivity contribution in [3.63, 3.8) is 0 Å². The Morgan fingerprint density at radius 1 is 1.21 bits per heavy atom. The molecule has 3 heterocycles. The molecule has 0 amide bonds. The molecule has 2 aliphatic rings. The summed E-state index contributed by atoms with van der Waals surface area (Å²) in [6.45, 7) is 5.08. The van der Waals surface area contributed by atoms with Crippen LogP contribution in [0.5, 0.6) is 5.75 Å². The van der Waals surface area contributed by atoms with Crippen LogP contribution in [0.3, 0.4) is 0 Å². The van der Waals surface area contributed by atoms with Crippen molar-refractivity contribution in [2.75, 3.05) is 46.9 Å². The molecular weight excluding hydrogens is 364 g/mol. The number of benzene rings is 1. The summed E-state index contributed by atoms with van der Waals surface area (Å²) in [6.07, 6.45) is 5.44. The zero-order valence-electron chi connectivity index (χ0n) is 17.5. The predicted molar refractivity (Wildman–Crippen MR) is 116 cm³/mol. The average molecular weight is 397 g/mol. The second-order valence-electron chi connectivity index (χ2n) is 7.91. The fourth-order valence-corrected chi connectivity index (χ4v) is 4.56. The van der Waals surface area contributed by atoms with Gasteiger partial charge in [0.2, 0.25) is 0 Å². The molecule has 1 aromatic carbocycles. The van der Waals surface area contributed by atoms with E-state index in [2.05, 4.69) is 50.4 Å². The third kappa shape index (κ3) is 4.58. The molecule has 29 heavy (non-hydrogen) atoms. The van der Waals surface area contributed by atoms with Crippen LogP contribution in [-0.4, -0.2) is 62.6 Å². The summed E-state index contributed by atoms with van der Waals surface area (Å²) in [5, 5.41) is 3.62. The Morgan fingerprint density at radius 2 is 2.00 bits per heavy atom. The number of guanidine groups is 1. The number of nitrogens with one attached hydrogen (secondary N) is 1. The molecule has 0 bridgehead atoms. The Balaban J connectivity index is 1.37. The lowest BCUT2D eigenvalue weighted by Crippen LogP contribution is -2.44. The molecule has 0 radical (unpaired) electrons. The average Bonchev–Trinajstić information content (AvgIpc) is 3.54. The molecule has 0 spiro atoms. The molecule has 2 atom stereocenters. The van der Waals surface area contributed by atoms with E-state index in [9.17, 15) is 0 Å². The molecule has 6 heteroatoms. The van der Waals surface area contributed by atoms with Crippen molar-refractivity contribution in [1.82, 2.24) is 15.1 Å². The van der Waals surface area contributed by atoms with Gasteiger partial charge in [-0.05, 0) is 62.2 Å². The van der Waals surface area contributed by atoms with Crippen LogP contribution in [0, 0.1) is 0 Å². The number of nitrogens with zero attached hydrogens (tertiary/aromatic N) is 3. The molecular formula is C23H32N4O2. The highest BCUT2D eigenvalue weighted by molar-refractivity contribution is 5.80. The minimum atomic E-state index is 0.254. The van der Waals surface area contributed by atoms with Gasteiger partial charge in [0.1, 0.15) is 11.5 Å². The van der Waals surface area contributed by atoms with Crippen molar-refractivity contribution < 1.29 is 9.15 Å². The molecule has 2 unspecified atom stereocenters. The first kappa shape index (κ1) is 19.8. The third-order valence-electron chi connectivity index (χ3n) is 6.19. The van der Waals surface area contributed by atoms with Crippen molar-refractivity contribution in [3.8, 4) is 5.75 Å². The Bertz CT molecular complexity index is 782. The van der Waals surface area contributed by atoms with Crippen LogP contribution in [0.4, 0.5) is 0 Å². The number of hydrogen-bond acceptors (Lipinski definition) is 4. The van der Waals surface area contributed by atoms with Crippen LogP contribution in [0.15, 0.2) is 52.1 Å². The SMILES string of the molecule is CN=C(NCC(c1ccco1)N1CCCC1)N1CCC(c2ccc(OC)cc2)C1. The van der Waals surface area contributed by atoms with Gasteiger partial charge in [-0.1, -0.05) is 12.1 Å². The molecule has 156 valence electrons. The van der Waals surface area contributed by atoms with E-state index in [0.29, 0.717) is 5.92 Å². The number of rotatable bonds is 6. The van der Waals surface area contributed by atoms with E-state index in [1.165, 1.54) is 18.4 Å². The molecule has 0 saturated carbocycles. The largest absolute Gasteiger partial charge is 0.497 e. The molecule has 4 rings (SSSR count). The van der Waals surface area contributed by atoms with Crippen molar-refractivity contribution in [2.45, 2.75) is 31.2 Å². The van der Waals surface area contributed by atoms with Gasteiger partial charge in [0, 0.05) is 32.6 Å². The van der Waals surface area contributed by atoms with Gasteiger partial charge in [0.25, 0.3) is 0 Å². The van der Waals surface area contributed by atoms with E-state index in [-0.39, 0.29) is 6.04 Å². The Hall–Kier alpha value is -2.47. The summed E-state index contributed by atoms with van der Waals surface area (Å²) >= 11 is 0. The van der Waals surface area contributed by atoms with Gasteiger partial charge in [0.05, 0.1) is 19.4 Å². The topological polar surface area (TPSA) is 53.2 Å². The molecule has 1 aromatic heterocycles. The van der Waals surface area contributed by atoms with E-state index in [0.717, 1.165) is 56.6 Å². The maximum atomic E-state index is 5.75. The zero-order valence-corrected chi connectivity index (χ0v) is 17.5. The number of methoxy groups -OCH3 is 1. The number of hydrogen-bond donors (Lipinski definition) is 1. The Labute approximate surface area is 173 Å². The summed E-state index contributed by atoms with van der Waals surface area (Å²) in [5.74, 6) is 3.45. The Morgan fingerprint density at radius 3 is 2.66 bits per heavy atom. The van der Waals surface area contributed by atoms with Crippen molar-refractivity contribution in [3.05, 3.63) is 54.0 Å². The smallest absolute Gasteiger partial charge is 0.193 e. The fourth-order valence-electron chi connectivity index (χ4n) is 4.56. The van der Waals surface area contributed by atoms with E-state index >= 15 is 0 Å². The van der Waals surface area contributed by atoms with Gasteiger partial charge in [-0.25, -0.2) is 0 Å². The van der Waals surface area contributed by atoms with Gasteiger partial charge in [-0.3, -0.25) is 9.89 Å². The van der Waals surface area contributed by atoms with Gasteiger partial charge >= 0.3 is 0 Å². The first-order valence-electron chi connectivity index (χ1n) is 10.7. The number of aliphatic imine (C=N–C) groups is 1. The van der Waals surface area contributed by atoms with Crippen LogP contribution in [-0.2, 0) is 0 Å². The summed E-state index contributed by atoms with van der Waals surface area (Å²) in [4.78, 5) is 9.46. The molecule has 6 nitrogen and oxygen atoms in total. The lowest BCUT2D eigenvalue weighted by Gasteiger charge is -2.28. The maximum absolute atomic E-state index is 5.75. The summed E-state index contributed by atoms with van der Waals surface area (Å²) < 4.78 is 11.0. The molecule has 2 aliphatic heterocycles. The fraction of sp³-hybridized carbons (Fsp3) is 0.522. The number of furan rings is 1. The van der Waals surface area contributed by atoms with Gasteiger partial charge < -0.3 is 19.4 Å². The molecule has 1 N–H and O–H groups in total. The van der Waals surface area contributed by atoms with Crippen LogP contribution in [0.1, 0.15) is 42.5 Å². The van der Waals surface area contributed by atoms with E-state index in [4.69, 9.17) is 9.15 Å². The highest BCUT2D eigenvalue weighted by atomic mass is 16.5. The van der Waals surface area contributed by atoms with Crippen molar-refractivity contribution in [2.24, 2.45) is 4.99 Å². The summed E-state index contributed by atoms with van der Waals surface area (Å²) in [5.41, 5.74) is 1.37. The lowest BCUT2D eigenvalue weighted by atomic mass is 9.98. The number of likely N-dealkylation sites (tertiary alicyclic amines) is 2. The van der Waals surface area contributed by atoms with Crippen LogP contribution in [0.2, 0.25) is 0 Å². The van der Waals surface area contributed by atoms with Gasteiger partial charge in [0.15, 0.2) is 5.96 Å². The van der Waals surface area contributed by atoms with Crippen molar-refractivity contribution in [1.29, 1.82) is 0 Å². The van der Waals surface area contributed by atoms with Crippen LogP contribution in [0.25, 0.3) is 0 Å². The van der Waals surface area contributed by atoms with E-state index in [1.54, 1.807) is 13.4 Å². The molecule has 2 fully saturated rings. The van der Waals surface area contributed by atoms with E-state index < -0.39 is 0 Å². The zero-order chi connectivity index (χ0) is 20.1. The Kier molecular flexibility index (Phi) is 6.39. The molecule has 0 aliphatic carbocycles.